The molecule has 0 saturated carbocycles. The van der Waals surface area contributed by atoms with Crippen LogP contribution in [0.25, 0.3) is 0 Å². The average Bonchev–Trinajstić information content (AvgIpc) is 3.04. The fourth-order valence-corrected chi connectivity index (χ4v) is 4.02. The Morgan fingerprint density at radius 1 is 1.31 bits per heavy atom. The molecule has 1 unspecified atom stereocenters. The summed E-state index contributed by atoms with van der Waals surface area (Å²) in [5, 5.41) is 2.97. The number of nitrogens with zero attached hydrogens (tertiary/aromatic N) is 3. The average molecular weight is 419 g/mol. The zero-order valence-corrected chi connectivity index (χ0v) is 16.3. The molecule has 0 radical (unpaired) electrons. The first kappa shape index (κ1) is 19.1. The number of anilines is 2. The maximum atomic E-state index is 14.7. The van der Waals surface area contributed by atoms with Crippen molar-refractivity contribution in [3.63, 3.8) is 0 Å². The number of pyridine rings is 1. The molecule has 4 rings (SSSR count). The second-order valence-electron chi connectivity index (χ2n) is 6.76. The Kier molecular flexibility index (Phi) is 4.42. The minimum Gasteiger partial charge on any atom is -0.497 e. The number of carbonyl (C=O) groups is 3. The number of halogens is 2. The third-order valence-corrected chi connectivity index (χ3v) is 5.43. The Labute approximate surface area is 170 Å². The van der Waals surface area contributed by atoms with E-state index in [-0.39, 0.29) is 29.8 Å². The largest absolute Gasteiger partial charge is 0.497 e. The fourth-order valence-electron chi connectivity index (χ4n) is 3.85. The van der Waals surface area contributed by atoms with Crippen LogP contribution in [0.15, 0.2) is 30.6 Å². The molecule has 0 spiro atoms. The molecule has 2 aromatic rings. The molecule has 1 saturated heterocycles. The molecular weight excluding hydrogens is 403 g/mol. The van der Waals surface area contributed by atoms with E-state index in [1.165, 1.54) is 43.6 Å². The van der Waals surface area contributed by atoms with Gasteiger partial charge in [-0.1, -0.05) is 11.6 Å². The van der Waals surface area contributed by atoms with E-state index >= 15 is 0 Å². The van der Waals surface area contributed by atoms with Gasteiger partial charge in [0.15, 0.2) is 0 Å². The van der Waals surface area contributed by atoms with Crippen LogP contribution in [0.3, 0.4) is 0 Å². The van der Waals surface area contributed by atoms with Gasteiger partial charge in [-0.3, -0.25) is 24.3 Å². The molecular formula is C19H16ClFN4O4. The number of ether oxygens (including phenoxy) is 1. The Balaban J connectivity index is 1.86. The summed E-state index contributed by atoms with van der Waals surface area (Å²) in [7, 11) is 2.71. The van der Waals surface area contributed by atoms with Crippen molar-refractivity contribution in [3.05, 3.63) is 47.0 Å². The second-order valence-corrected chi connectivity index (χ2v) is 7.20. The highest BCUT2D eigenvalue weighted by atomic mass is 35.5. The van der Waals surface area contributed by atoms with Crippen molar-refractivity contribution in [1.82, 2.24) is 9.88 Å². The van der Waals surface area contributed by atoms with Gasteiger partial charge in [0.05, 0.1) is 35.3 Å². The van der Waals surface area contributed by atoms with Gasteiger partial charge in [-0.2, -0.15) is 0 Å². The molecule has 0 bridgehead atoms. The van der Waals surface area contributed by atoms with E-state index in [1.54, 1.807) is 0 Å². The van der Waals surface area contributed by atoms with Crippen LogP contribution in [0, 0.1) is 5.82 Å². The van der Waals surface area contributed by atoms with Crippen molar-refractivity contribution in [2.75, 3.05) is 24.4 Å². The van der Waals surface area contributed by atoms with E-state index in [9.17, 15) is 18.8 Å². The standard InChI is InChI=1S/C19H16ClFN4O4/c1-24-17(27)16-13(21)6-12(29-2)7-14(16)25-15(26)3-4-19(24,25)18(28)23-11-5-10(20)8-22-9-11/h5-9H,3-4H2,1-2H3,(H,23,28). The SMILES string of the molecule is COc1cc(F)c2c(c1)N1C(=O)CCC1(C(=O)Nc1cncc(Cl)c1)N(C)C2=O. The molecule has 8 nitrogen and oxygen atoms in total. The van der Waals surface area contributed by atoms with Crippen LogP contribution in [0.4, 0.5) is 15.8 Å². The number of aromatic nitrogens is 1. The van der Waals surface area contributed by atoms with Crippen LogP contribution in [-0.4, -0.2) is 47.4 Å². The molecule has 1 aromatic carbocycles. The summed E-state index contributed by atoms with van der Waals surface area (Å²) >= 11 is 5.92. The summed E-state index contributed by atoms with van der Waals surface area (Å²) in [5.41, 5.74) is -1.62. The Morgan fingerprint density at radius 3 is 2.76 bits per heavy atom. The van der Waals surface area contributed by atoms with Gasteiger partial charge in [-0.25, -0.2) is 4.39 Å². The number of methoxy groups -OCH3 is 1. The summed E-state index contributed by atoms with van der Waals surface area (Å²) in [6.45, 7) is 0. The second kappa shape index (κ2) is 6.70. The van der Waals surface area contributed by atoms with Crippen LogP contribution in [-0.2, 0) is 9.59 Å². The van der Waals surface area contributed by atoms with Gasteiger partial charge < -0.3 is 15.0 Å². The van der Waals surface area contributed by atoms with Crippen LogP contribution >= 0.6 is 11.6 Å². The van der Waals surface area contributed by atoms with Gasteiger partial charge in [0.2, 0.25) is 11.6 Å². The number of benzene rings is 1. The van der Waals surface area contributed by atoms with Crippen molar-refractivity contribution >= 4 is 40.7 Å². The maximum absolute atomic E-state index is 14.7. The molecule has 29 heavy (non-hydrogen) atoms. The lowest BCUT2D eigenvalue weighted by molar-refractivity contribution is -0.128. The summed E-state index contributed by atoms with van der Waals surface area (Å²) < 4.78 is 19.7. The molecule has 2 aliphatic heterocycles. The van der Waals surface area contributed by atoms with Crippen LogP contribution in [0.1, 0.15) is 23.2 Å². The highest BCUT2D eigenvalue weighted by molar-refractivity contribution is 6.30. The van der Waals surface area contributed by atoms with Gasteiger partial charge in [0.25, 0.3) is 11.8 Å². The molecule has 1 aromatic heterocycles. The number of carbonyl (C=O) groups excluding carboxylic acids is 3. The van der Waals surface area contributed by atoms with Crippen molar-refractivity contribution in [1.29, 1.82) is 0 Å². The zero-order chi connectivity index (χ0) is 20.9. The highest BCUT2D eigenvalue weighted by Gasteiger charge is 2.60. The number of amides is 3. The first-order chi connectivity index (χ1) is 13.8. The lowest BCUT2D eigenvalue weighted by atomic mass is 9.95. The lowest BCUT2D eigenvalue weighted by Gasteiger charge is -2.47. The number of fused-ring (bicyclic) bond motifs is 3. The molecule has 3 heterocycles. The number of likely N-dealkylation sites (N-methyl/N-ethyl adjacent to an activating group) is 1. The van der Waals surface area contributed by atoms with E-state index < -0.39 is 29.2 Å². The van der Waals surface area contributed by atoms with Crippen molar-refractivity contribution in [2.24, 2.45) is 0 Å². The Bertz CT molecular complexity index is 1060. The maximum Gasteiger partial charge on any atom is 0.271 e. The minimum absolute atomic E-state index is 0.00631. The monoisotopic (exact) mass is 418 g/mol. The topological polar surface area (TPSA) is 91.8 Å². The first-order valence-corrected chi connectivity index (χ1v) is 9.08. The molecule has 1 fully saturated rings. The molecule has 0 aliphatic carbocycles. The molecule has 10 heteroatoms. The van der Waals surface area contributed by atoms with E-state index in [1.807, 2.05) is 0 Å². The Hall–Kier alpha value is -3.20. The first-order valence-electron chi connectivity index (χ1n) is 8.70. The number of rotatable bonds is 3. The zero-order valence-electron chi connectivity index (χ0n) is 15.5. The normalized spacial score (nSPS) is 20.4. The van der Waals surface area contributed by atoms with Crippen molar-refractivity contribution in [3.8, 4) is 5.75 Å². The molecule has 2 aliphatic rings. The summed E-state index contributed by atoms with van der Waals surface area (Å²) in [6, 6.07) is 3.94. The molecule has 150 valence electrons. The van der Waals surface area contributed by atoms with Gasteiger partial charge in [0.1, 0.15) is 11.6 Å². The van der Waals surface area contributed by atoms with E-state index in [4.69, 9.17) is 16.3 Å². The minimum atomic E-state index is -1.65. The van der Waals surface area contributed by atoms with Crippen LogP contribution < -0.4 is 15.0 Å². The van der Waals surface area contributed by atoms with E-state index in [0.29, 0.717) is 10.7 Å². The van der Waals surface area contributed by atoms with Crippen molar-refractivity contribution < 1.29 is 23.5 Å². The predicted molar refractivity (Wildman–Crippen MR) is 102 cm³/mol. The van der Waals surface area contributed by atoms with Gasteiger partial charge in [-0.05, 0) is 6.07 Å². The summed E-state index contributed by atoms with van der Waals surface area (Å²) in [5.74, 6) is -2.43. The molecule has 3 amide bonds. The molecule has 1 N–H and O–H groups in total. The summed E-state index contributed by atoms with van der Waals surface area (Å²) in [6.07, 6.45) is 2.86. The van der Waals surface area contributed by atoms with Crippen LogP contribution in [0.2, 0.25) is 5.02 Å². The predicted octanol–water partition coefficient (Wildman–Crippen LogP) is 2.43. The van der Waals surface area contributed by atoms with Gasteiger partial charge in [-0.15, -0.1) is 0 Å². The Morgan fingerprint density at radius 2 is 2.07 bits per heavy atom. The lowest BCUT2D eigenvalue weighted by Crippen LogP contribution is -2.68. The number of hydrogen-bond donors (Lipinski definition) is 1. The smallest absolute Gasteiger partial charge is 0.271 e. The van der Waals surface area contributed by atoms with Gasteiger partial charge >= 0.3 is 0 Å². The van der Waals surface area contributed by atoms with Crippen LogP contribution in [0.5, 0.6) is 5.75 Å². The van der Waals surface area contributed by atoms with Crippen molar-refractivity contribution in [2.45, 2.75) is 18.5 Å². The van der Waals surface area contributed by atoms with E-state index in [2.05, 4.69) is 10.3 Å². The third kappa shape index (κ3) is 2.72. The highest BCUT2D eigenvalue weighted by Crippen LogP contribution is 2.46. The fraction of sp³-hybridized carbons (Fsp3) is 0.263. The van der Waals surface area contributed by atoms with Gasteiger partial charge in [0, 0.05) is 38.2 Å². The quantitative estimate of drug-likeness (QED) is 0.826. The number of nitrogens with one attached hydrogen (secondary N) is 1. The molecule has 1 atom stereocenters. The number of hydrogen-bond acceptors (Lipinski definition) is 5. The third-order valence-electron chi connectivity index (χ3n) is 5.23. The summed E-state index contributed by atoms with van der Waals surface area (Å²) in [4.78, 5) is 45.3. The van der Waals surface area contributed by atoms with E-state index in [0.717, 1.165) is 11.0 Å².